The normalized spacial score (nSPS) is 20.7. The van der Waals surface area contributed by atoms with Crippen LogP contribution in [0.4, 0.5) is 0 Å². The van der Waals surface area contributed by atoms with Gasteiger partial charge in [0.05, 0.1) is 11.4 Å². The Bertz CT molecular complexity index is 388. The van der Waals surface area contributed by atoms with Gasteiger partial charge >= 0.3 is 0 Å². The second-order valence-corrected chi connectivity index (χ2v) is 5.90. The van der Waals surface area contributed by atoms with E-state index in [2.05, 4.69) is 15.0 Å². The van der Waals surface area contributed by atoms with Gasteiger partial charge in [-0.1, -0.05) is 30.9 Å². The van der Waals surface area contributed by atoms with Crippen LogP contribution in [0.3, 0.4) is 0 Å². The van der Waals surface area contributed by atoms with E-state index in [1.165, 1.54) is 56.3 Å². The third kappa shape index (κ3) is 2.58. The molecule has 0 aliphatic heterocycles. The molecule has 0 bridgehead atoms. The molecular weight excluding hydrogens is 224 g/mol. The van der Waals surface area contributed by atoms with Crippen LogP contribution in [0.5, 0.6) is 0 Å². The van der Waals surface area contributed by atoms with E-state index >= 15 is 0 Å². The van der Waals surface area contributed by atoms with Crippen molar-refractivity contribution in [2.75, 3.05) is 6.54 Å². The number of hydrogen-bond acceptors (Lipinski definition) is 3. The van der Waals surface area contributed by atoms with Gasteiger partial charge in [-0.25, -0.2) is 4.68 Å². The molecule has 2 saturated carbocycles. The maximum atomic E-state index is 5.69. The molecule has 0 aromatic carbocycles. The summed E-state index contributed by atoms with van der Waals surface area (Å²) in [6.07, 6.45) is 10.4. The number of aromatic nitrogens is 3. The molecule has 0 saturated heterocycles. The number of nitrogens with zero attached hydrogens (tertiary/aromatic N) is 3. The van der Waals surface area contributed by atoms with Gasteiger partial charge in [-0.2, -0.15) is 0 Å². The summed E-state index contributed by atoms with van der Waals surface area (Å²) in [7, 11) is 0. The van der Waals surface area contributed by atoms with Gasteiger partial charge in [-0.15, -0.1) is 5.10 Å². The highest BCUT2D eigenvalue weighted by Crippen LogP contribution is 2.37. The van der Waals surface area contributed by atoms with E-state index < -0.39 is 0 Å². The van der Waals surface area contributed by atoms with Crippen LogP contribution in [-0.2, 0) is 13.0 Å². The largest absolute Gasteiger partial charge is 0.330 e. The predicted octanol–water partition coefficient (Wildman–Crippen LogP) is 2.24. The molecule has 4 nitrogen and oxygen atoms in total. The van der Waals surface area contributed by atoms with Crippen LogP contribution in [0.1, 0.15) is 62.3 Å². The minimum Gasteiger partial charge on any atom is -0.330 e. The van der Waals surface area contributed by atoms with Gasteiger partial charge in [-0.05, 0) is 31.7 Å². The summed E-state index contributed by atoms with van der Waals surface area (Å²) < 4.78 is 2.19. The second-order valence-electron chi connectivity index (χ2n) is 5.90. The van der Waals surface area contributed by atoms with E-state index in [1.54, 1.807) is 0 Å². The first-order chi connectivity index (χ1) is 8.88. The van der Waals surface area contributed by atoms with Crippen molar-refractivity contribution in [2.24, 2.45) is 11.7 Å². The molecule has 18 heavy (non-hydrogen) atoms. The molecule has 0 radical (unpaired) electrons. The highest BCUT2D eigenvalue weighted by Gasteiger charge is 2.27. The first-order valence-electron chi connectivity index (χ1n) is 7.51. The molecule has 100 valence electrons. The topological polar surface area (TPSA) is 56.7 Å². The molecule has 3 rings (SSSR count). The van der Waals surface area contributed by atoms with Gasteiger partial charge < -0.3 is 5.73 Å². The summed E-state index contributed by atoms with van der Waals surface area (Å²) in [4.78, 5) is 0. The fraction of sp³-hybridized carbons (Fsp3) is 0.857. The smallest absolute Gasteiger partial charge is 0.0874 e. The highest BCUT2D eigenvalue weighted by atomic mass is 15.4. The highest BCUT2D eigenvalue weighted by molar-refractivity contribution is 5.17. The fourth-order valence-corrected chi connectivity index (χ4v) is 3.19. The van der Waals surface area contributed by atoms with Crippen molar-refractivity contribution < 1.29 is 0 Å². The van der Waals surface area contributed by atoms with E-state index in [0.29, 0.717) is 12.5 Å². The second kappa shape index (κ2) is 5.39. The van der Waals surface area contributed by atoms with Crippen LogP contribution in [0.25, 0.3) is 0 Å². The molecule has 0 atom stereocenters. The van der Waals surface area contributed by atoms with Crippen molar-refractivity contribution >= 4 is 0 Å². The van der Waals surface area contributed by atoms with Gasteiger partial charge in [0.25, 0.3) is 0 Å². The van der Waals surface area contributed by atoms with E-state index in [1.807, 2.05) is 0 Å². The van der Waals surface area contributed by atoms with Crippen LogP contribution in [0.2, 0.25) is 0 Å². The van der Waals surface area contributed by atoms with Gasteiger partial charge in [-0.3, -0.25) is 0 Å². The maximum Gasteiger partial charge on any atom is 0.0874 e. The van der Waals surface area contributed by atoms with E-state index in [4.69, 9.17) is 5.73 Å². The molecule has 0 unspecified atom stereocenters. The Morgan fingerprint density at radius 3 is 2.61 bits per heavy atom. The van der Waals surface area contributed by atoms with Crippen LogP contribution in [-0.4, -0.2) is 21.5 Å². The molecule has 0 spiro atoms. The molecule has 2 aliphatic rings. The Morgan fingerprint density at radius 2 is 1.94 bits per heavy atom. The molecule has 1 heterocycles. The monoisotopic (exact) mass is 248 g/mol. The zero-order valence-electron chi connectivity index (χ0n) is 11.1. The van der Waals surface area contributed by atoms with E-state index in [0.717, 1.165) is 18.9 Å². The number of aryl methyl sites for hydroxylation is 1. The van der Waals surface area contributed by atoms with Crippen molar-refractivity contribution in [1.29, 1.82) is 0 Å². The lowest BCUT2D eigenvalue weighted by Gasteiger charge is -2.13. The quantitative estimate of drug-likeness (QED) is 0.840. The van der Waals surface area contributed by atoms with Gasteiger partial charge in [0.15, 0.2) is 0 Å². The zero-order chi connectivity index (χ0) is 12.4. The Labute approximate surface area is 109 Å². The van der Waals surface area contributed by atoms with Crippen molar-refractivity contribution in [3.05, 3.63) is 11.4 Å². The van der Waals surface area contributed by atoms with Crippen LogP contribution < -0.4 is 5.73 Å². The number of hydrogen-bond donors (Lipinski definition) is 1. The third-order valence-electron chi connectivity index (χ3n) is 4.42. The number of rotatable bonds is 6. The fourth-order valence-electron chi connectivity index (χ4n) is 3.19. The average molecular weight is 248 g/mol. The zero-order valence-corrected chi connectivity index (χ0v) is 11.1. The summed E-state index contributed by atoms with van der Waals surface area (Å²) in [6, 6.07) is 0. The summed E-state index contributed by atoms with van der Waals surface area (Å²) in [5.74, 6) is 1.66. The first kappa shape index (κ1) is 12.2. The summed E-state index contributed by atoms with van der Waals surface area (Å²) >= 11 is 0. The molecule has 1 aromatic rings. The lowest BCUT2D eigenvalue weighted by Crippen LogP contribution is -2.12. The summed E-state index contributed by atoms with van der Waals surface area (Å²) in [6.45, 7) is 1.75. The first-order valence-corrected chi connectivity index (χ1v) is 7.51. The van der Waals surface area contributed by atoms with Crippen molar-refractivity contribution in [3.63, 3.8) is 0 Å². The molecule has 2 fully saturated rings. The maximum absolute atomic E-state index is 5.69. The lowest BCUT2D eigenvalue weighted by molar-refractivity contribution is 0.493. The van der Waals surface area contributed by atoms with Gasteiger partial charge in [0, 0.05) is 18.9 Å². The predicted molar refractivity (Wildman–Crippen MR) is 71.3 cm³/mol. The molecule has 1 aromatic heterocycles. The Balaban J connectivity index is 1.76. The summed E-state index contributed by atoms with van der Waals surface area (Å²) in [5, 5.41) is 8.77. The van der Waals surface area contributed by atoms with E-state index in [9.17, 15) is 0 Å². The van der Waals surface area contributed by atoms with E-state index in [-0.39, 0.29) is 0 Å². The molecule has 2 aliphatic carbocycles. The van der Waals surface area contributed by atoms with Gasteiger partial charge in [0.2, 0.25) is 0 Å². The van der Waals surface area contributed by atoms with Crippen molar-refractivity contribution in [2.45, 2.75) is 63.8 Å². The van der Waals surface area contributed by atoms with Crippen molar-refractivity contribution in [1.82, 2.24) is 15.0 Å². The molecular formula is C14H24N4. The molecule has 4 heteroatoms. The van der Waals surface area contributed by atoms with Gasteiger partial charge in [0.1, 0.15) is 0 Å². The standard InChI is InChI=1S/C14H24N4/c15-9-7-13-14(12-3-1-2-4-12)18(17-16-13)10-8-11-5-6-11/h11-12H,1-10,15H2. The minimum absolute atomic E-state index is 0.682. The lowest BCUT2D eigenvalue weighted by atomic mass is 10.0. The molecule has 2 N–H and O–H groups in total. The third-order valence-corrected chi connectivity index (χ3v) is 4.42. The van der Waals surface area contributed by atoms with Crippen LogP contribution in [0.15, 0.2) is 0 Å². The van der Waals surface area contributed by atoms with Crippen LogP contribution in [0, 0.1) is 5.92 Å². The molecule has 0 amide bonds. The summed E-state index contributed by atoms with van der Waals surface area (Å²) in [5.41, 5.74) is 8.27. The SMILES string of the molecule is NCCc1nnn(CCC2CC2)c1C1CCCC1. The van der Waals surface area contributed by atoms with Crippen LogP contribution >= 0.6 is 0 Å². The Kier molecular flexibility index (Phi) is 3.64. The average Bonchev–Trinajstić information content (AvgIpc) is 2.89. The van der Waals surface area contributed by atoms with Crippen molar-refractivity contribution in [3.8, 4) is 0 Å². The minimum atomic E-state index is 0.682. The number of nitrogens with two attached hydrogens (primary N) is 1. The Morgan fingerprint density at radius 1 is 1.17 bits per heavy atom. The Hall–Kier alpha value is -0.900.